The molecule has 7 heteroatoms. The van der Waals surface area contributed by atoms with Crippen molar-refractivity contribution >= 4 is 30.8 Å². The van der Waals surface area contributed by atoms with Crippen LogP contribution in [0.15, 0.2) is 0 Å². The average molecular weight is 366 g/mol. The Morgan fingerprint density at radius 2 is 1.74 bits per heavy atom. The molecule has 0 aromatic rings. The van der Waals surface area contributed by atoms with Gasteiger partial charge in [0.05, 0.1) is 5.05 Å². The monoisotopic (exact) mass is 365 g/mol. The van der Waals surface area contributed by atoms with Crippen LogP contribution >= 0.6 is 11.4 Å². The van der Waals surface area contributed by atoms with Crippen LogP contribution in [0.1, 0.15) is 48.5 Å². The van der Waals surface area contributed by atoms with E-state index in [1.54, 1.807) is 6.92 Å². The predicted octanol–water partition coefficient (Wildman–Crippen LogP) is 4.07. The van der Waals surface area contributed by atoms with E-state index in [4.69, 9.17) is 9.16 Å². The minimum absolute atomic E-state index is 0.00152. The number of carbonyl (C=O) groups is 1. The lowest BCUT2D eigenvalue weighted by molar-refractivity contribution is 0.0526. The first kappa shape index (κ1) is 22.6. The Morgan fingerprint density at radius 1 is 1.22 bits per heavy atom. The highest BCUT2D eigenvalue weighted by Crippen LogP contribution is 2.36. The van der Waals surface area contributed by atoms with Gasteiger partial charge >= 0.3 is 6.09 Å². The van der Waals surface area contributed by atoms with E-state index in [0.29, 0.717) is 18.2 Å². The summed E-state index contributed by atoms with van der Waals surface area (Å²) in [5.74, 6) is 0. The molecule has 0 aliphatic heterocycles. The molecule has 5 nitrogen and oxygen atoms in total. The largest absolute Gasteiger partial charge is 0.444 e. The molecule has 1 amide bonds. The summed E-state index contributed by atoms with van der Waals surface area (Å²) >= 11 is 0.773. The molecule has 2 N–H and O–H groups in total. The number of carbonyl (C=O) groups excluding carboxylic acids is 1. The molecule has 0 aromatic heterocycles. The number of thiol groups is 1. The van der Waals surface area contributed by atoms with Crippen LogP contribution in [0.25, 0.3) is 0 Å². The number of alkyl carbamates (subject to hydrolysis) is 1. The van der Waals surface area contributed by atoms with Gasteiger partial charge in [-0.15, -0.1) is 0 Å². The van der Waals surface area contributed by atoms with Gasteiger partial charge in [-0.3, -0.25) is 0 Å². The van der Waals surface area contributed by atoms with E-state index in [1.807, 2.05) is 20.8 Å². The molecule has 0 radical (unpaired) electrons. The maximum Gasteiger partial charge on any atom is 0.407 e. The first-order chi connectivity index (χ1) is 10.1. The first-order valence-corrected chi connectivity index (χ1v) is 11.9. The van der Waals surface area contributed by atoms with E-state index in [0.717, 1.165) is 11.4 Å². The minimum atomic E-state index is -1.85. The molecule has 0 saturated heterocycles. The average Bonchev–Trinajstić information content (AvgIpc) is 2.28. The molecule has 1 atom stereocenters. The molecule has 0 spiro atoms. The van der Waals surface area contributed by atoms with Crippen LogP contribution in [0.5, 0.6) is 0 Å². The number of nitrogens with one attached hydrogen (secondary N) is 1. The van der Waals surface area contributed by atoms with Crippen LogP contribution in [0.2, 0.25) is 18.1 Å². The Labute approximate surface area is 146 Å². The number of amides is 1. The molecule has 0 aliphatic carbocycles. The van der Waals surface area contributed by atoms with Crippen molar-refractivity contribution in [1.29, 1.82) is 0 Å². The SMILES string of the molecule is CC(O)=[SH][C@@H](CNC(=O)OC(C)(C)C)CO[Si](C)(C)C(C)(C)C. The summed E-state index contributed by atoms with van der Waals surface area (Å²) in [6.45, 7) is 19.0. The lowest BCUT2D eigenvalue weighted by Gasteiger charge is -2.37. The normalized spacial score (nSPS) is 15.7. The number of hydrogen-bond acceptors (Lipinski definition) is 3. The van der Waals surface area contributed by atoms with Crippen molar-refractivity contribution in [1.82, 2.24) is 5.32 Å². The van der Waals surface area contributed by atoms with Crippen LogP contribution in [-0.4, -0.2) is 48.6 Å². The lowest BCUT2D eigenvalue weighted by Crippen LogP contribution is -2.44. The summed E-state index contributed by atoms with van der Waals surface area (Å²) in [6.07, 6.45) is -0.444. The molecule has 23 heavy (non-hydrogen) atoms. The van der Waals surface area contributed by atoms with E-state index in [1.165, 1.54) is 0 Å². The van der Waals surface area contributed by atoms with Gasteiger partial charge in [-0.2, -0.15) is 11.4 Å². The Hall–Kier alpha value is -0.373. The summed E-state index contributed by atoms with van der Waals surface area (Å²) in [6, 6.07) is 0. The molecule has 0 aromatic carbocycles. The van der Waals surface area contributed by atoms with Gasteiger partial charge in [-0.25, -0.2) is 4.79 Å². The Morgan fingerprint density at radius 3 is 2.13 bits per heavy atom. The molecular formula is C16H35NO4SSi. The molecule has 138 valence electrons. The van der Waals surface area contributed by atoms with Crippen LogP contribution in [0, 0.1) is 0 Å². The number of aliphatic hydroxyl groups is 1. The predicted molar refractivity (Wildman–Crippen MR) is 103 cm³/mol. The smallest absolute Gasteiger partial charge is 0.407 e. The fraction of sp³-hybridized carbons (Fsp3) is 0.875. The fourth-order valence-electron chi connectivity index (χ4n) is 1.44. The van der Waals surface area contributed by atoms with Crippen molar-refractivity contribution in [3.63, 3.8) is 0 Å². The van der Waals surface area contributed by atoms with Crippen LogP contribution < -0.4 is 5.32 Å². The van der Waals surface area contributed by atoms with Crippen molar-refractivity contribution in [3.8, 4) is 0 Å². The molecule has 0 rings (SSSR count). The second-order valence-corrected chi connectivity index (χ2v) is 14.7. The van der Waals surface area contributed by atoms with E-state index in [-0.39, 0.29) is 10.3 Å². The molecule has 0 fully saturated rings. The molecule has 0 unspecified atom stereocenters. The van der Waals surface area contributed by atoms with Crippen LogP contribution in [0.4, 0.5) is 4.79 Å². The molecule has 0 heterocycles. The van der Waals surface area contributed by atoms with Crippen LogP contribution in [-0.2, 0) is 9.16 Å². The first-order valence-electron chi connectivity index (χ1n) is 7.98. The minimum Gasteiger partial charge on any atom is -0.444 e. The Kier molecular flexibility index (Phi) is 8.50. The summed E-state index contributed by atoms with van der Waals surface area (Å²) in [5, 5.41) is 12.8. The van der Waals surface area contributed by atoms with Gasteiger partial charge in [0.2, 0.25) is 0 Å². The molecule has 0 saturated carbocycles. The van der Waals surface area contributed by atoms with Crippen molar-refractivity contribution in [2.45, 2.75) is 77.4 Å². The third-order valence-electron chi connectivity index (χ3n) is 3.69. The number of ether oxygens (including phenoxy) is 1. The van der Waals surface area contributed by atoms with Gasteiger partial charge in [-0.05, 0) is 45.8 Å². The zero-order chi connectivity index (χ0) is 18.5. The fourth-order valence-corrected chi connectivity index (χ4v) is 3.49. The highest BCUT2D eigenvalue weighted by Gasteiger charge is 2.37. The van der Waals surface area contributed by atoms with E-state index in [2.05, 4.69) is 39.2 Å². The van der Waals surface area contributed by atoms with Crippen molar-refractivity contribution in [3.05, 3.63) is 0 Å². The van der Waals surface area contributed by atoms with E-state index >= 15 is 0 Å². The molecule has 0 aliphatic rings. The van der Waals surface area contributed by atoms with Gasteiger partial charge in [0, 0.05) is 18.4 Å². The van der Waals surface area contributed by atoms with Gasteiger partial charge < -0.3 is 19.6 Å². The summed E-state index contributed by atoms with van der Waals surface area (Å²) in [5.41, 5.74) is -0.520. The van der Waals surface area contributed by atoms with Gasteiger partial charge in [0.1, 0.15) is 5.60 Å². The molecule has 0 bridgehead atoms. The van der Waals surface area contributed by atoms with Gasteiger partial charge in [0.25, 0.3) is 0 Å². The summed E-state index contributed by atoms with van der Waals surface area (Å²) in [4.78, 5) is 11.8. The second kappa shape index (κ2) is 8.64. The summed E-state index contributed by atoms with van der Waals surface area (Å²) < 4.78 is 11.4. The Bertz CT molecular complexity index is 421. The van der Waals surface area contributed by atoms with Gasteiger partial charge in [-0.1, -0.05) is 20.8 Å². The van der Waals surface area contributed by atoms with Gasteiger partial charge in [0.15, 0.2) is 8.32 Å². The second-order valence-electron chi connectivity index (χ2n) is 8.28. The van der Waals surface area contributed by atoms with Crippen molar-refractivity contribution in [2.75, 3.05) is 13.2 Å². The standard InChI is InChI=1S/C16H35NO4SSi/c1-12(18)22-13(10-17-14(19)21-15(2,3)4)11-20-23(8,9)16(5,6)7/h13,18,22H,10-11H2,1-9H3,(H,17,19)/t13-/m0/s1. The van der Waals surface area contributed by atoms with Crippen molar-refractivity contribution in [2.24, 2.45) is 0 Å². The third-order valence-corrected chi connectivity index (χ3v) is 9.26. The lowest BCUT2D eigenvalue weighted by atomic mass is 10.2. The third kappa shape index (κ3) is 10.2. The Balaban J connectivity index is 4.68. The number of aliphatic hydroxyl groups excluding tert-OH is 1. The quantitative estimate of drug-likeness (QED) is 0.377. The maximum atomic E-state index is 11.8. The maximum absolute atomic E-state index is 11.8. The van der Waals surface area contributed by atoms with E-state index < -0.39 is 20.0 Å². The molecular weight excluding hydrogens is 330 g/mol. The highest BCUT2D eigenvalue weighted by atomic mass is 32.1. The number of rotatable bonds is 6. The number of hydrogen-bond donors (Lipinski definition) is 3. The van der Waals surface area contributed by atoms with Crippen molar-refractivity contribution < 1.29 is 19.1 Å². The zero-order valence-electron chi connectivity index (χ0n) is 16.1. The highest BCUT2D eigenvalue weighted by molar-refractivity contribution is 7.99. The van der Waals surface area contributed by atoms with Crippen LogP contribution in [0.3, 0.4) is 0 Å². The zero-order valence-corrected chi connectivity index (χ0v) is 18.0. The topological polar surface area (TPSA) is 67.8 Å². The van der Waals surface area contributed by atoms with E-state index in [9.17, 15) is 9.90 Å². The summed E-state index contributed by atoms with van der Waals surface area (Å²) in [7, 11) is -1.85.